The number of benzene rings is 1. The van der Waals surface area contributed by atoms with E-state index < -0.39 is 11.7 Å². The number of halogens is 3. The molecule has 1 aliphatic rings. The molecule has 0 spiro atoms. The van der Waals surface area contributed by atoms with Crippen LogP contribution in [0.5, 0.6) is 0 Å². The maximum Gasteiger partial charge on any atom is 0.416 e. The molecule has 1 N–H and O–H groups in total. The summed E-state index contributed by atoms with van der Waals surface area (Å²) in [5, 5.41) is 10.7. The number of carbonyl (C=O) groups is 1. The first-order valence-electron chi connectivity index (χ1n) is 7.09. The zero-order chi connectivity index (χ0) is 17.9. The first-order chi connectivity index (χ1) is 11.9. The molecule has 1 aromatic heterocycles. The van der Waals surface area contributed by atoms with Crippen LogP contribution in [-0.2, 0) is 11.0 Å². The standard InChI is InChI=1S/C16H11F3N4OS/c17-16(18,19)12-5-6-20-13(7-12)11-3-1-10(2-4-11)8-21-23-15-22-14(24)9-25-15/h1-8H,9H2,(H,22,23,24). The van der Waals surface area contributed by atoms with Gasteiger partial charge in [0, 0.05) is 11.8 Å². The second kappa shape index (κ2) is 7.06. The van der Waals surface area contributed by atoms with Gasteiger partial charge in [-0.2, -0.15) is 18.3 Å². The summed E-state index contributed by atoms with van der Waals surface area (Å²) in [6.07, 6.45) is -1.78. The van der Waals surface area contributed by atoms with Crippen LogP contribution >= 0.6 is 11.8 Å². The molecule has 2 aromatic rings. The van der Waals surface area contributed by atoms with Crippen LogP contribution < -0.4 is 5.32 Å². The lowest BCUT2D eigenvalue weighted by molar-refractivity contribution is -0.137. The summed E-state index contributed by atoms with van der Waals surface area (Å²) in [6.45, 7) is 0. The van der Waals surface area contributed by atoms with Crippen molar-refractivity contribution in [2.24, 2.45) is 10.2 Å². The lowest BCUT2D eigenvalue weighted by atomic mass is 10.1. The zero-order valence-electron chi connectivity index (χ0n) is 12.6. The monoisotopic (exact) mass is 364 g/mol. The smallest absolute Gasteiger partial charge is 0.303 e. The molecule has 0 radical (unpaired) electrons. The number of thioether (sulfide) groups is 1. The molecule has 0 aliphatic carbocycles. The molecule has 128 valence electrons. The van der Waals surface area contributed by atoms with Gasteiger partial charge in [0.25, 0.3) is 0 Å². The Morgan fingerprint density at radius 3 is 2.60 bits per heavy atom. The number of amidine groups is 1. The fourth-order valence-electron chi connectivity index (χ4n) is 2.03. The Hall–Kier alpha value is -2.68. The Labute approximate surface area is 145 Å². The fraction of sp³-hybridized carbons (Fsp3) is 0.125. The summed E-state index contributed by atoms with van der Waals surface area (Å²) in [5.41, 5.74) is 0.779. The third kappa shape index (κ3) is 4.44. The van der Waals surface area contributed by atoms with Gasteiger partial charge in [0.1, 0.15) is 0 Å². The van der Waals surface area contributed by atoms with Gasteiger partial charge in [-0.3, -0.25) is 9.78 Å². The Bertz CT molecular complexity index is 847. The number of rotatable bonds is 3. The highest BCUT2D eigenvalue weighted by atomic mass is 32.2. The summed E-state index contributed by atoms with van der Waals surface area (Å²) in [7, 11) is 0. The lowest BCUT2D eigenvalue weighted by Crippen LogP contribution is -2.19. The minimum absolute atomic E-state index is 0.114. The van der Waals surface area contributed by atoms with Gasteiger partial charge in [-0.15, -0.1) is 5.10 Å². The van der Waals surface area contributed by atoms with Crippen molar-refractivity contribution >= 4 is 29.1 Å². The van der Waals surface area contributed by atoms with Crippen LogP contribution in [0.4, 0.5) is 13.2 Å². The van der Waals surface area contributed by atoms with Gasteiger partial charge in [0.05, 0.1) is 23.2 Å². The molecule has 0 atom stereocenters. The average molecular weight is 364 g/mol. The molecular formula is C16H11F3N4OS. The van der Waals surface area contributed by atoms with E-state index in [0.29, 0.717) is 16.5 Å². The fourth-order valence-corrected chi connectivity index (χ4v) is 2.66. The van der Waals surface area contributed by atoms with Crippen LogP contribution in [0.15, 0.2) is 52.8 Å². The average Bonchev–Trinajstić information content (AvgIpc) is 3.00. The molecule has 25 heavy (non-hydrogen) atoms. The number of nitrogens with one attached hydrogen (secondary N) is 1. The van der Waals surface area contributed by atoms with E-state index in [0.717, 1.165) is 23.9 Å². The van der Waals surface area contributed by atoms with Gasteiger partial charge in [-0.1, -0.05) is 36.0 Å². The quantitative estimate of drug-likeness (QED) is 0.671. The van der Waals surface area contributed by atoms with Crippen LogP contribution in [0.2, 0.25) is 0 Å². The molecule has 9 heteroatoms. The molecule has 0 saturated carbocycles. The summed E-state index contributed by atoms with van der Waals surface area (Å²) < 4.78 is 38.3. The van der Waals surface area contributed by atoms with E-state index >= 15 is 0 Å². The normalized spacial score (nSPS) is 16.6. The van der Waals surface area contributed by atoms with Crippen molar-refractivity contribution < 1.29 is 18.0 Å². The molecule has 0 bridgehead atoms. The third-order valence-corrected chi connectivity index (χ3v) is 4.10. The van der Waals surface area contributed by atoms with Crippen LogP contribution in [0, 0.1) is 0 Å². The summed E-state index contributed by atoms with van der Waals surface area (Å²) >= 11 is 1.26. The lowest BCUT2D eigenvalue weighted by Gasteiger charge is -2.08. The van der Waals surface area contributed by atoms with Crippen molar-refractivity contribution in [3.8, 4) is 11.3 Å². The predicted molar refractivity (Wildman–Crippen MR) is 90.3 cm³/mol. The van der Waals surface area contributed by atoms with Gasteiger partial charge in [0.2, 0.25) is 5.91 Å². The molecule has 1 saturated heterocycles. The van der Waals surface area contributed by atoms with E-state index in [-0.39, 0.29) is 11.6 Å². The van der Waals surface area contributed by atoms with E-state index in [9.17, 15) is 18.0 Å². The van der Waals surface area contributed by atoms with Gasteiger partial charge in [-0.05, 0) is 17.7 Å². The van der Waals surface area contributed by atoms with E-state index in [4.69, 9.17) is 0 Å². The van der Waals surface area contributed by atoms with Gasteiger partial charge in [0.15, 0.2) is 5.17 Å². The van der Waals surface area contributed by atoms with Crippen molar-refractivity contribution in [2.75, 3.05) is 5.75 Å². The van der Waals surface area contributed by atoms with Crippen molar-refractivity contribution in [1.82, 2.24) is 10.3 Å². The highest BCUT2D eigenvalue weighted by Gasteiger charge is 2.30. The highest BCUT2D eigenvalue weighted by molar-refractivity contribution is 8.15. The second-order valence-corrected chi connectivity index (χ2v) is 6.00. The van der Waals surface area contributed by atoms with Gasteiger partial charge >= 0.3 is 6.18 Å². The van der Waals surface area contributed by atoms with E-state index in [1.807, 2.05) is 0 Å². The molecular weight excluding hydrogens is 353 g/mol. The summed E-state index contributed by atoms with van der Waals surface area (Å²) in [6, 6.07) is 8.65. The van der Waals surface area contributed by atoms with Crippen LogP contribution in [0.1, 0.15) is 11.1 Å². The van der Waals surface area contributed by atoms with Crippen LogP contribution in [0.3, 0.4) is 0 Å². The van der Waals surface area contributed by atoms with E-state index in [2.05, 4.69) is 20.5 Å². The Kier molecular flexibility index (Phi) is 4.84. The number of amides is 1. The molecule has 1 aliphatic heterocycles. The minimum Gasteiger partial charge on any atom is -0.303 e. The molecule has 0 unspecified atom stereocenters. The van der Waals surface area contributed by atoms with Crippen LogP contribution in [-0.4, -0.2) is 28.0 Å². The molecule has 1 fully saturated rings. The first kappa shape index (κ1) is 17.2. The number of nitrogens with zero attached hydrogens (tertiary/aromatic N) is 3. The number of alkyl halides is 3. The van der Waals surface area contributed by atoms with Crippen molar-refractivity contribution in [1.29, 1.82) is 0 Å². The Morgan fingerprint density at radius 1 is 1.20 bits per heavy atom. The van der Waals surface area contributed by atoms with Crippen molar-refractivity contribution in [2.45, 2.75) is 6.18 Å². The van der Waals surface area contributed by atoms with Gasteiger partial charge < -0.3 is 5.32 Å². The Morgan fingerprint density at radius 2 is 1.96 bits per heavy atom. The SMILES string of the molecule is O=C1CSC(=NN=Cc2ccc(-c3cc(C(F)(F)F)ccn3)cc2)N1. The number of carbonyl (C=O) groups excluding carboxylic acids is 1. The van der Waals surface area contributed by atoms with E-state index in [1.165, 1.54) is 18.0 Å². The molecule has 1 amide bonds. The summed E-state index contributed by atoms with van der Waals surface area (Å²) in [5.74, 6) is 0.212. The highest BCUT2D eigenvalue weighted by Crippen LogP contribution is 2.31. The van der Waals surface area contributed by atoms with Crippen molar-refractivity contribution in [3.63, 3.8) is 0 Å². The predicted octanol–water partition coefficient (Wildman–Crippen LogP) is 3.32. The number of hydrogen-bond donors (Lipinski definition) is 1. The molecule has 2 heterocycles. The first-order valence-corrected chi connectivity index (χ1v) is 8.08. The maximum absolute atomic E-state index is 12.8. The number of aromatic nitrogens is 1. The second-order valence-electron chi connectivity index (χ2n) is 5.04. The molecule has 3 rings (SSSR count). The molecule has 1 aromatic carbocycles. The number of hydrogen-bond acceptors (Lipinski definition) is 5. The minimum atomic E-state index is -4.41. The van der Waals surface area contributed by atoms with E-state index in [1.54, 1.807) is 24.3 Å². The van der Waals surface area contributed by atoms with Crippen molar-refractivity contribution in [3.05, 3.63) is 53.7 Å². The zero-order valence-corrected chi connectivity index (χ0v) is 13.4. The largest absolute Gasteiger partial charge is 0.416 e. The Balaban J connectivity index is 1.73. The van der Waals surface area contributed by atoms with Gasteiger partial charge in [-0.25, -0.2) is 0 Å². The van der Waals surface area contributed by atoms with Crippen LogP contribution in [0.25, 0.3) is 11.3 Å². The topological polar surface area (TPSA) is 66.7 Å². The molecule has 5 nitrogen and oxygen atoms in total. The maximum atomic E-state index is 12.8. The summed E-state index contributed by atoms with van der Waals surface area (Å²) in [4.78, 5) is 15.0. The number of pyridine rings is 1. The third-order valence-electron chi connectivity index (χ3n) is 3.24.